The molecule has 11 heteroatoms. The Kier molecular flexibility index (Phi) is 9.54. The number of sulfonamides is 1. The zero-order chi connectivity index (χ0) is 28.3. The quantitative estimate of drug-likeness (QED) is 0.291. The molecule has 0 N–H and O–H groups in total. The lowest BCUT2D eigenvalue weighted by Gasteiger charge is -2.36. The number of hydrogen-bond donors (Lipinski definition) is 0. The Morgan fingerprint density at radius 3 is 2.60 bits per heavy atom. The van der Waals surface area contributed by atoms with Gasteiger partial charge in [0.05, 0.1) is 23.9 Å². The van der Waals surface area contributed by atoms with Gasteiger partial charge in [0.2, 0.25) is 10.0 Å². The van der Waals surface area contributed by atoms with E-state index >= 15 is 0 Å². The summed E-state index contributed by atoms with van der Waals surface area (Å²) < 4.78 is 41.6. The zero-order valence-electron chi connectivity index (χ0n) is 23.8. The minimum Gasteiger partial charge on any atom is -0.461 e. The number of benzene rings is 1. The number of aromatic nitrogens is 3. The molecule has 2 aliphatic carbocycles. The molecule has 0 amide bonds. The van der Waals surface area contributed by atoms with Crippen molar-refractivity contribution in [3.63, 3.8) is 0 Å². The Labute approximate surface area is 242 Å². The fraction of sp³-hybridized carbons (Fsp3) is 0.690. The van der Waals surface area contributed by atoms with Crippen LogP contribution in [0, 0.1) is 17.8 Å². The number of hydrogen-bond acceptors (Lipinski definition) is 8. The highest BCUT2D eigenvalue weighted by Crippen LogP contribution is 2.38. The van der Waals surface area contributed by atoms with Gasteiger partial charge in [-0.15, -0.1) is 10.2 Å². The Hall–Kier alpha value is -1.95. The summed E-state index contributed by atoms with van der Waals surface area (Å²) in [6, 6.07) is 7.18. The number of esters is 1. The SMILES string of the molecule is CC(C)[C@H]1CC[C@H](C)C[C@H]1OC(=O)CSc1nnc(-c2cccc(S(=O)(=O)N3CCOCC3)c2)n1C1CCCC1. The first kappa shape index (κ1) is 29.5. The topological polar surface area (TPSA) is 104 Å². The van der Waals surface area contributed by atoms with E-state index in [1.165, 1.54) is 22.5 Å². The summed E-state index contributed by atoms with van der Waals surface area (Å²) in [6.45, 7) is 8.15. The molecular weight excluding hydrogens is 548 g/mol. The van der Waals surface area contributed by atoms with Gasteiger partial charge in [-0.3, -0.25) is 9.36 Å². The lowest BCUT2D eigenvalue weighted by molar-refractivity contribution is -0.152. The first-order valence-electron chi connectivity index (χ1n) is 14.7. The minimum atomic E-state index is -3.64. The van der Waals surface area contributed by atoms with Crippen LogP contribution in [0.15, 0.2) is 34.3 Å². The average Bonchev–Trinajstić information content (AvgIpc) is 3.62. The highest BCUT2D eigenvalue weighted by molar-refractivity contribution is 7.99. The van der Waals surface area contributed by atoms with Gasteiger partial charge in [0, 0.05) is 24.7 Å². The molecule has 2 saturated carbocycles. The molecule has 220 valence electrons. The zero-order valence-corrected chi connectivity index (χ0v) is 25.5. The van der Waals surface area contributed by atoms with Crippen LogP contribution in [0.25, 0.3) is 11.4 Å². The van der Waals surface area contributed by atoms with Crippen LogP contribution in [0.3, 0.4) is 0 Å². The van der Waals surface area contributed by atoms with Crippen molar-refractivity contribution in [2.45, 2.75) is 87.9 Å². The van der Waals surface area contributed by atoms with Crippen molar-refractivity contribution in [1.29, 1.82) is 0 Å². The summed E-state index contributed by atoms with van der Waals surface area (Å²) >= 11 is 1.36. The Morgan fingerprint density at radius 2 is 1.88 bits per heavy atom. The molecule has 0 unspecified atom stereocenters. The third kappa shape index (κ3) is 6.58. The van der Waals surface area contributed by atoms with Crippen molar-refractivity contribution in [1.82, 2.24) is 19.1 Å². The third-order valence-corrected chi connectivity index (χ3v) is 11.4. The fourth-order valence-corrected chi connectivity index (χ4v) is 8.61. The second kappa shape index (κ2) is 12.9. The van der Waals surface area contributed by atoms with Gasteiger partial charge in [0.1, 0.15) is 6.10 Å². The van der Waals surface area contributed by atoms with Crippen molar-refractivity contribution < 1.29 is 22.7 Å². The van der Waals surface area contributed by atoms with Gasteiger partial charge in [-0.2, -0.15) is 4.31 Å². The van der Waals surface area contributed by atoms with Crippen LogP contribution in [-0.4, -0.2) is 71.6 Å². The highest BCUT2D eigenvalue weighted by Gasteiger charge is 2.34. The van der Waals surface area contributed by atoms with Crippen LogP contribution in [0.5, 0.6) is 0 Å². The molecule has 2 heterocycles. The van der Waals surface area contributed by atoms with E-state index in [1.807, 2.05) is 6.07 Å². The molecule has 5 rings (SSSR count). The number of thioether (sulfide) groups is 1. The first-order valence-corrected chi connectivity index (χ1v) is 17.1. The van der Waals surface area contributed by atoms with Crippen LogP contribution in [0.1, 0.15) is 71.8 Å². The third-order valence-electron chi connectivity index (χ3n) is 8.62. The largest absolute Gasteiger partial charge is 0.461 e. The lowest BCUT2D eigenvalue weighted by Crippen LogP contribution is -2.40. The molecule has 0 radical (unpaired) electrons. The number of rotatable bonds is 9. The lowest BCUT2D eigenvalue weighted by atomic mass is 9.75. The molecular formula is C29H42N4O5S2. The Morgan fingerprint density at radius 1 is 1.12 bits per heavy atom. The van der Waals surface area contributed by atoms with Gasteiger partial charge in [0.15, 0.2) is 11.0 Å². The monoisotopic (exact) mass is 590 g/mol. The van der Waals surface area contributed by atoms with Gasteiger partial charge in [-0.1, -0.05) is 63.9 Å². The van der Waals surface area contributed by atoms with E-state index in [-0.39, 0.29) is 28.8 Å². The Balaban J connectivity index is 1.35. The maximum Gasteiger partial charge on any atom is 0.316 e. The summed E-state index contributed by atoms with van der Waals surface area (Å²) in [5, 5.41) is 9.68. The second-order valence-corrected chi connectivity index (χ2v) is 14.7. The van der Waals surface area contributed by atoms with E-state index in [1.54, 1.807) is 18.2 Å². The van der Waals surface area contributed by atoms with Crippen LogP contribution >= 0.6 is 11.8 Å². The minimum absolute atomic E-state index is 0.0312. The van der Waals surface area contributed by atoms with Crippen molar-refractivity contribution >= 4 is 27.8 Å². The molecule has 0 bridgehead atoms. The highest BCUT2D eigenvalue weighted by atomic mass is 32.2. The van der Waals surface area contributed by atoms with E-state index < -0.39 is 10.0 Å². The molecule has 1 aliphatic heterocycles. The average molecular weight is 591 g/mol. The van der Waals surface area contributed by atoms with Crippen LogP contribution in [-0.2, 0) is 24.3 Å². The standard InChI is InChI=1S/C29H42N4O5S2/c1-20(2)25-12-11-21(3)17-26(25)38-27(34)19-39-29-31-30-28(33(29)23-8-4-5-9-23)22-7-6-10-24(18-22)40(35,36)32-13-15-37-16-14-32/h6-7,10,18,20-21,23,25-26H,4-5,8-9,11-17,19H2,1-3H3/t21-,25+,26+/m0/s1. The summed E-state index contributed by atoms with van der Waals surface area (Å²) in [4.78, 5) is 13.2. The van der Waals surface area contributed by atoms with E-state index in [9.17, 15) is 13.2 Å². The molecule has 1 saturated heterocycles. The molecule has 0 spiro atoms. The summed E-state index contributed by atoms with van der Waals surface area (Å²) in [7, 11) is -3.64. The molecule has 1 aromatic heterocycles. The van der Waals surface area contributed by atoms with E-state index in [4.69, 9.17) is 9.47 Å². The van der Waals surface area contributed by atoms with Crippen molar-refractivity contribution in [2.24, 2.45) is 17.8 Å². The predicted octanol–water partition coefficient (Wildman–Crippen LogP) is 5.18. The first-order chi connectivity index (χ1) is 19.2. The second-order valence-electron chi connectivity index (χ2n) is 11.8. The van der Waals surface area contributed by atoms with E-state index in [2.05, 4.69) is 35.5 Å². The molecule has 1 aromatic carbocycles. The van der Waals surface area contributed by atoms with Crippen molar-refractivity contribution in [3.8, 4) is 11.4 Å². The van der Waals surface area contributed by atoms with Gasteiger partial charge in [0.25, 0.3) is 0 Å². The predicted molar refractivity (Wildman–Crippen MR) is 154 cm³/mol. The van der Waals surface area contributed by atoms with Gasteiger partial charge in [-0.25, -0.2) is 8.42 Å². The van der Waals surface area contributed by atoms with Crippen LogP contribution in [0.4, 0.5) is 0 Å². The van der Waals surface area contributed by atoms with Crippen molar-refractivity contribution in [2.75, 3.05) is 32.1 Å². The summed E-state index contributed by atoms with van der Waals surface area (Å²) in [5.74, 6) is 2.05. The smallest absolute Gasteiger partial charge is 0.316 e. The molecule has 3 atom stereocenters. The van der Waals surface area contributed by atoms with Gasteiger partial charge >= 0.3 is 5.97 Å². The van der Waals surface area contributed by atoms with Gasteiger partial charge < -0.3 is 9.47 Å². The number of ether oxygens (including phenoxy) is 2. The molecule has 40 heavy (non-hydrogen) atoms. The normalized spacial score (nSPS) is 24.9. The maximum atomic E-state index is 13.3. The summed E-state index contributed by atoms with van der Waals surface area (Å²) in [5.41, 5.74) is 0.708. The Bertz CT molecular complexity index is 1270. The van der Waals surface area contributed by atoms with Crippen LogP contribution in [0.2, 0.25) is 0 Å². The molecule has 3 aliphatic rings. The number of carbonyl (C=O) groups excluding carboxylic acids is 1. The van der Waals surface area contributed by atoms with Crippen LogP contribution < -0.4 is 0 Å². The fourth-order valence-electron chi connectivity index (χ4n) is 6.37. The molecule has 9 nitrogen and oxygen atoms in total. The molecule has 2 aromatic rings. The van der Waals surface area contributed by atoms with Gasteiger partial charge in [-0.05, 0) is 55.6 Å². The summed E-state index contributed by atoms with van der Waals surface area (Å²) in [6.07, 6.45) is 7.43. The molecule has 3 fully saturated rings. The van der Waals surface area contributed by atoms with E-state index in [0.717, 1.165) is 38.5 Å². The number of morpholine rings is 1. The van der Waals surface area contributed by atoms with Crippen molar-refractivity contribution in [3.05, 3.63) is 24.3 Å². The maximum absolute atomic E-state index is 13.3. The van der Waals surface area contributed by atoms with E-state index in [0.29, 0.717) is 60.6 Å². The number of nitrogens with zero attached hydrogens (tertiary/aromatic N) is 4. The number of carbonyl (C=O) groups is 1.